The average Bonchev–Trinajstić information content (AvgIpc) is 2.60. The zero-order valence-corrected chi connectivity index (χ0v) is 15.1. The van der Waals surface area contributed by atoms with Gasteiger partial charge in [-0.15, -0.1) is 0 Å². The fraction of sp³-hybridized carbons (Fsp3) is 0.650. The van der Waals surface area contributed by atoms with E-state index in [0.29, 0.717) is 18.5 Å². The summed E-state index contributed by atoms with van der Waals surface area (Å²) >= 11 is 0. The van der Waals surface area contributed by atoms with Crippen molar-refractivity contribution in [2.75, 3.05) is 37.6 Å². The number of nitrogens with zero attached hydrogens (tertiary/aromatic N) is 2. The topological polar surface area (TPSA) is 35.6 Å². The van der Waals surface area contributed by atoms with E-state index in [4.69, 9.17) is 0 Å². The maximum atomic E-state index is 12.4. The second-order valence-corrected chi connectivity index (χ2v) is 7.54. The van der Waals surface area contributed by atoms with E-state index in [1.165, 1.54) is 18.5 Å². The minimum Gasteiger partial charge on any atom is -0.369 e. The minimum absolute atomic E-state index is 0.203. The van der Waals surface area contributed by atoms with E-state index in [2.05, 4.69) is 59.3 Å². The molecule has 132 valence electrons. The molecule has 2 fully saturated rings. The number of amides is 1. The van der Waals surface area contributed by atoms with E-state index in [1.807, 2.05) is 0 Å². The van der Waals surface area contributed by atoms with Gasteiger partial charge < -0.3 is 10.2 Å². The van der Waals surface area contributed by atoms with Gasteiger partial charge in [0.1, 0.15) is 0 Å². The number of carbonyl (C=O) groups excluding carboxylic acids is 1. The van der Waals surface area contributed by atoms with Gasteiger partial charge in [0.05, 0.1) is 6.54 Å². The Hall–Kier alpha value is -1.55. The first-order valence-corrected chi connectivity index (χ1v) is 9.45. The second kappa shape index (κ2) is 8.02. The van der Waals surface area contributed by atoms with Gasteiger partial charge >= 0.3 is 0 Å². The van der Waals surface area contributed by atoms with Crippen LogP contribution in [0.25, 0.3) is 0 Å². The van der Waals surface area contributed by atoms with Gasteiger partial charge in [-0.25, -0.2) is 0 Å². The molecule has 3 atom stereocenters. The van der Waals surface area contributed by atoms with Crippen LogP contribution in [-0.2, 0) is 4.79 Å². The SMILES string of the molecule is C[C@H]1[C@H](C)CCC[C@H]1NC(=O)CN1CCN(c2ccccc2)CC1. The van der Waals surface area contributed by atoms with Crippen LogP contribution in [0.4, 0.5) is 5.69 Å². The summed E-state index contributed by atoms with van der Waals surface area (Å²) in [5.74, 6) is 1.52. The molecule has 0 radical (unpaired) electrons. The third-order valence-electron chi connectivity index (χ3n) is 5.91. The Bertz CT molecular complexity index is 525. The van der Waals surface area contributed by atoms with Crippen molar-refractivity contribution in [3.05, 3.63) is 30.3 Å². The smallest absolute Gasteiger partial charge is 0.234 e. The van der Waals surface area contributed by atoms with Crippen LogP contribution in [0.1, 0.15) is 33.1 Å². The lowest BCUT2D eigenvalue weighted by atomic mass is 9.78. The predicted molar refractivity (Wildman–Crippen MR) is 99.2 cm³/mol. The summed E-state index contributed by atoms with van der Waals surface area (Å²) in [6, 6.07) is 10.9. The summed E-state index contributed by atoms with van der Waals surface area (Å²) in [7, 11) is 0. The lowest BCUT2D eigenvalue weighted by Crippen LogP contribution is -2.52. The third-order valence-corrected chi connectivity index (χ3v) is 5.91. The molecular weight excluding hydrogens is 298 g/mol. The highest BCUT2D eigenvalue weighted by Crippen LogP contribution is 2.29. The fourth-order valence-electron chi connectivity index (χ4n) is 4.04. The van der Waals surface area contributed by atoms with E-state index in [-0.39, 0.29) is 5.91 Å². The van der Waals surface area contributed by atoms with Crippen molar-refractivity contribution >= 4 is 11.6 Å². The van der Waals surface area contributed by atoms with Gasteiger partial charge in [-0.05, 0) is 30.4 Å². The number of rotatable bonds is 4. The molecule has 0 spiro atoms. The largest absolute Gasteiger partial charge is 0.369 e. The molecule has 1 amide bonds. The molecule has 1 N–H and O–H groups in total. The number of para-hydroxylation sites is 1. The van der Waals surface area contributed by atoms with Crippen LogP contribution in [0.2, 0.25) is 0 Å². The van der Waals surface area contributed by atoms with Crippen molar-refractivity contribution in [2.45, 2.75) is 39.2 Å². The quantitative estimate of drug-likeness (QED) is 0.922. The molecule has 1 saturated heterocycles. The van der Waals surface area contributed by atoms with E-state index in [0.717, 1.165) is 38.5 Å². The van der Waals surface area contributed by atoms with Crippen molar-refractivity contribution in [3.63, 3.8) is 0 Å². The van der Waals surface area contributed by atoms with Crippen molar-refractivity contribution in [3.8, 4) is 0 Å². The van der Waals surface area contributed by atoms with E-state index in [1.54, 1.807) is 0 Å². The van der Waals surface area contributed by atoms with E-state index < -0.39 is 0 Å². The lowest BCUT2D eigenvalue weighted by molar-refractivity contribution is -0.123. The number of benzene rings is 1. The molecule has 0 unspecified atom stereocenters. The Morgan fingerprint density at radius 1 is 1.08 bits per heavy atom. The fourth-order valence-corrected chi connectivity index (χ4v) is 4.04. The summed E-state index contributed by atoms with van der Waals surface area (Å²) in [6.45, 7) is 9.04. The van der Waals surface area contributed by atoms with Crippen molar-refractivity contribution < 1.29 is 4.79 Å². The predicted octanol–water partition coefficient (Wildman–Crippen LogP) is 2.75. The maximum absolute atomic E-state index is 12.4. The Kier molecular flexibility index (Phi) is 5.77. The highest BCUT2D eigenvalue weighted by molar-refractivity contribution is 5.78. The Labute approximate surface area is 146 Å². The summed E-state index contributed by atoms with van der Waals surface area (Å²) in [5, 5.41) is 3.30. The van der Waals surface area contributed by atoms with Crippen LogP contribution in [0, 0.1) is 11.8 Å². The standard InChI is InChI=1S/C20H31N3O/c1-16-7-6-10-19(17(16)2)21-20(24)15-22-11-13-23(14-12-22)18-8-4-3-5-9-18/h3-5,8-9,16-17,19H,6-7,10-15H2,1-2H3,(H,21,24)/t16-,17+,19-/m1/s1. The van der Waals surface area contributed by atoms with Crippen molar-refractivity contribution in [2.24, 2.45) is 11.8 Å². The molecule has 1 aromatic rings. The maximum Gasteiger partial charge on any atom is 0.234 e. The molecule has 1 aromatic carbocycles. The van der Waals surface area contributed by atoms with Crippen molar-refractivity contribution in [1.82, 2.24) is 10.2 Å². The van der Waals surface area contributed by atoms with E-state index in [9.17, 15) is 4.79 Å². The molecule has 2 aliphatic rings. The zero-order chi connectivity index (χ0) is 16.9. The van der Waals surface area contributed by atoms with Gasteiger partial charge in [0.2, 0.25) is 5.91 Å². The molecule has 4 nitrogen and oxygen atoms in total. The van der Waals surface area contributed by atoms with Gasteiger partial charge in [0, 0.05) is 37.9 Å². The Morgan fingerprint density at radius 3 is 2.50 bits per heavy atom. The first kappa shape index (κ1) is 17.3. The highest BCUT2D eigenvalue weighted by Gasteiger charge is 2.28. The molecule has 24 heavy (non-hydrogen) atoms. The highest BCUT2D eigenvalue weighted by atomic mass is 16.2. The van der Waals surface area contributed by atoms with Crippen LogP contribution < -0.4 is 10.2 Å². The average molecular weight is 329 g/mol. The molecule has 1 saturated carbocycles. The van der Waals surface area contributed by atoms with Gasteiger partial charge in [0.15, 0.2) is 0 Å². The summed E-state index contributed by atoms with van der Waals surface area (Å²) in [5.41, 5.74) is 1.28. The van der Waals surface area contributed by atoms with Crippen LogP contribution in [0.3, 0.4) is 0 Å². The summed E-state index contributed by atoms with van der Waals surface area (Å²) in [4.78, 5) is 17.1. The monoisotopic (exact) mass is 329 g/mol. The first-order valence-electron chi connectivity index (χ1n) is 9.45. The molecular formula is C20H31N3O. The van der Waals surface area contributed by atoms with Gasteiger partial charge in [-0.3, -0.25) is 9.69 Å². The van der Waals surface area contributed by atoms with Crippen LogP contribution in [0.5, 0.6) is 0 Å². The Balaban J connectivity index is 1.43. The van der Waals surface area contributed by atoms with Gasteiger partial charge in [-0.1, -0.05) is 44.9 Å². The number of anilines is 1. The molecule has 3 rings (SSSR count). The zero-order valence-electron chi connectivity index (χ0n) is 15.1. The first-order chi connectivity index (χ1) is 11.6. The lowest BCUT2D eigenvalue weighted by Gasteiger charge is -2.37. The van der Waals surface area contributed by atoms with Gasteiger partial charge in [0.25, 0.3) is 0 Å². The molecule has 0 bridgehead atoms. The van der Waals surface area contributed by atoms with Gasteiger partial charge in [-0.2, -0.15) is 0 Å². The number of carbonyl (C=O) groups is 1. The molecule has 1 heterocycles. The molecule has 1 aliphatic heterocycles. The van der Waals surface area contributed by atoms with Crippen molar-refractivity contribution in [1.29, 1.82) is 0 Å². The number of hydrogen-bond acceptors (Lipinski definition) is 3. The normalized spacial score (nSPS) is 28.6. The van der Waals surface area contributed by atoms with E-state index >= 15 is 0 Å². The minimum atomic E-state index is 0.203. The Morgan fingerprint density at radius 2 is 1.79 bits per heavy atom. The number of nitrogens with one attached hydrogen (secondary N) is 1. The van der Waals surface area contributed by atoms with Crippen LogP contribution in [-0.4, -0.2) is 49.6 Å². The third kappa shape index (κ3) is 4.29. The summed E-state index contributed by atoms with van der Waals surface area (Å²) in [6.07, 6.45) is 3.68. The molecule has 0 aromatic heterocycles. The molecule has 1 aliphatic carbocycles. The second-order valence-electron chi connectivity index (χ2n) is 7.54. The van der Waals surface area contributed by atoms with Crippen LogP contribution in [0.15, 0.2) is 30.3 Å². The molecule has 4 heteroatoms. The van der Waals surface area contributed by atoms with Crippen LogP contribution >= 0.6 is 0 Å². The summed E-state index contributed by atoms with van der Waals surface area (Å²) < 4.78 is 0. The number of hydrogen-bond donors (Lipinski definition) is 1. The number of piperazine rings is 1.